The van der Waals surface area contributed by atoms with E-state index in [9.17, 15) is 18.0 Å². The SMILES string of the molecule is CC(C)c1cc(=O)n(C)c(SCc2ccccc2C(F)(F)F)n1. The fourth-order valence-corrected chi connectivity index (χ4v) is 3.02. The lowest BCUT2D eigenvalue weighted by Crippen LogP contribution is -2.20. The summed E-state index contributed by atoms with van der Waals surface area (Å²) in [7, 11) is 1.57. The summed E-state index contributed by atoms with van der Waals surface area (Å²) in [4.78, 5) is 16.3. The second-order valence-corrected chi connectivity index (χ2v) is 6.40. The van der Waals surface area contributed by atoms with Crippen LogP contribution in [0.15, 0.2) is 40.3 Å². The van der Waals surface area contributed by atoms with Gasteiger partial charge in [-0.1, -0.05) is 43.8 Å². The Morgan fingerprint density at radius 1 is 1.26 bits per heavy atom. The van der Waals surface area contributed by atoms with Crippen molar-refractivity contribution in [1.82, 2.24) is 9.55 Å². The van der Waals surface area contributed by atoms with E-state index in [0.29, 0.717) is 10.9 Å². The predicted octanol–water partition coefficient (Wildman–Crippen LogP) is 4.21. The summed E-state index contributed by atoms with van der Waals surface area (Å²) in [6.07, 6.45) is -4.39. The van der Waals surface area contributed by atoms with Gasteiger partial charge in [-0.05, 0) is 17.5 Å². The molecule has 2 aromatic rings. The lowest BCUT2D eigenvalue weighted by atomic mass is 10.1. The zero-order valence-electron chi connectivity index (χ0n) is 13.0. The van der Waals surface area contributed by atoms with Crippen LogP contribution in [0.1, 0.15) is 36.6 Å². The molecule has 124 valence electrons. The lowest BCUT2D eigenvalue weighted by Gasteiger charge is -2.14. The molecule has 0 saturated heterocycles. The summed E-state index contributed by atoms with van der Waals surface area (Å²) in [5, 5.41) is 0.415. The minimum Gasteiger partial charge on any atom is -0.291 e. The molecule has 3 nitrogen and oxygen atoms in total. The monoisotopic (exact) mass is 342 g/mol. The molecule has 23 heavy (non-hydrogen) atoms. The molecule has 0 radical (unpaired) electrons. The summed E-state index contributed by atoms with van der Waals surface area (Å²) in [5.41, 5.74) is -0.0540. The van der Waals surface area contributed by atoms with Crippen molar-refractivity contribution in [3.8, 4) is 0 Å². The Bertz CT molecular complexity index is 754. The molecule has 7 heteroatoms. The van der Waals surface area contributed by atoms with E-state index in [0.717, 1.165) is 17.8 Å². The zero-order chi connectivity index (χ0) is 17.2. The Hall–Kier alpha value is -1.76. The van der Waals surface area contributed by atoms with E-state index in [4.69, 9.17) is 0 Å². The van der Waals surface area contributed by atoms with Gasteiger partial charge in [-0.3, -0.25) is 9.36 Å². The van der Waals surface area contributed by atoms with Crippen molar-refractivity contribution in [2.45, 2.75) is 36.9 Å². The normalized spacial score (nSPS) is 12.0. The molecule has 0 aliphatic heterocycles. The van der Waals surface area contributed by atoms with Crippen molar-refractivity contribution in [2.24, 2.45) is 7.05 Å². The van der Waals surface area contributed by atoms with Crippen molar-refractivity contribution >= 4 is 11.8 Å². The van der Waals surface area contributed by atoms with Crippen LogP contribution in [0.5, 0.6) is 0 Å². The number of benzene rings is 1. The average Bonchev–Trinajstić information content (AvgIpc) is 2.47. The van der Waals surface area contributed by atoms with E-state index in [1.807, 2.05) is 13.8 Å². The van der Waals surface area contributed by atoms with E-state index in [-0.39, 0.29) is 22.8 Å². The van der Waals surface area contributed by atoms with Crippen LogP contribution >= 0.6 is 11.8 Å². The standard InChI is InChI=1S/C16H17F3N2OS/c1-10(2)13-8-14(22)21(3)15(20-13)23-9-11-6-4-5-7-12(11)16(17,18)19/h4-8,10H,9H2,1-3H3. The largest absolute Gasteiger partial charge is 0.416 e. The maximum absolute atomic E-state index is 13.0. The highest BCUT2D eigenvalue weighted by molar-refractivity contribution is 7.98. The number of alkyl halides is 3. The maximum Gasteiger partial charge on any atom is 0.416 e. The van der Waals surface area contributed by atoms with Gasteiger partial charge in [0.05, 0.1) is 11.3 Å². The number of rotatable bonds is 4. The third kappa shape index (κ3) is 4.16. The highest BCUT2D eigenvalue weighted by Crippen LogP contribution is 2.34. The molecule has 0 N–H and O–H groups in total. The number of hydrogen-bond donors (Lipinski definition) is 0. The smallest absolute Gasteiger partial charge is 0.291 e. The van der Waals surface area contributed by atoms with Crippen molar-refractivity contribution in [3.63, 3.8) is 0 Å². The van der Waals surface area contributed by atoms with Gasteiger partial charge in [-0.2, -0.15) is 13.2 Å². The van der Waals surface area contributed by atoms with Gasteiger partial charge in [0.2, 0.25) is 0 Å². The first kappa shape index (κ1) is 17.6. The van der Waals surface area contributed by atoms with Crippen molar-refractivity contribution in [3.05, 3.63) is 57.5 Å². The predicted molar refractivity (Wildman–Crippen MR) is 84.6 cm³/mol. The first-order chi connectivity index (χ1) is 10.7. The van der Waals surface area contributed by atoms with Gasteiger partial charge in [0.1, 0.15) is 0 Å². The number of thioether (sulfide) groups is 1. The number of hydrogen-bond acceptors (Lipinski definition) is 3. The number of nitrogens with zero attached hydrogens (tertiary/aromatic N) is 2. The van der Waals surface area contributed by atoms with Gasteiger partial charge in [0.15, 0.2) is 5.16 Å². The van der Waals surface area contributed by atoms with Crippen LogP contribution in [0.25, 0.3) is 0 Å². The third-order valence-corrected chi connectivity index (χ3v) is 4.46. The van der Waals surface area contributed by atoms with Crippen molar-refractivity contribution < 1.29 is 13.2 Å². The summed E-state index contributed by atoms with van der Waals surface area (Å²) >= 11 is 1.13. The summed E-state index contributed by atoms with van der Waals surface area (Å²) in [5.74, 6) is 0.169. The fourth-order valence-electron chi connectivity index (χ4n) is 2.03. The molecule has 0 amide bonds. The van der Waals surface area contributed by atoms with Crippen LogP contribution in [0.2, 0.25) is 0 Å². The first-order valence-electron chi connectivity index (χ1n) is 7.06. The lowest BCUT2D eigenvalue weighted by molar-refractivity contribution is -0.138. The van der Waals surface area contributed by atoms with Crippen LogP contribution in [0.3, 0.4) is 0 Å². The van der Waals surface area contributed by atoms with Gasteiger partial charge >= 0.3 is 6.18 Å². The zero-order valence-corrected chi connectivity index (χ0v) is 13.8. The second kappa shape index (κ2) is 6.78. The molecule has 1 heterocycles. The summed E-state index contributed by atoms with van der Waals surface area (Å²) in [6, 6.07) is 6.90. The molecular formula is C16H17F3N2OS. The molecule has 0 atom stereocenters. The molecule has 0 bridgehead atoms. The molecule has 0 fully saturated rings. The van der Waals surface area contributed by atoms with Gasteiger partial charge in [-0.15, -0.1) is 0 Å². The van der Waals surface area contributed by atoms with E-state index in [1.54, 1.807) is 13.1 Å². The van der Waals surface area contributed by atoms with E-state index in [1.165, 1.54) is 22.8 Å². The molecular weight excluding hydrogens is 325 g/mol. The molecule has 1 aromatic heterocycles. The Morgan fingerprint density at radius 3 is 2.52 bits per heavy atom. The number of aromatic nitrogens is 2. The molecule has 1 aromatic carbocycles. The second-order valence-electron chi connectivity index (χ2n) is 5.46. The van der Waals surface area contributed by atoms with E-state index < -0.39 is 11.7 Å². The molecule has 0 aliphatic carbocycles. The van der Waals surface area contributed by atoms with Crippen molar-refractivity contribution in [1.29, 1.82) is 0 Å². The molecule has 0 spiro atoms. The molecule has 0 unspecified atom stereocenters. The topological polar surface area (TPSA) is 34.9 Å². The third-order valence-electron chi connectivity index (χ3n) is 3.38. The van der Waals surface area contributed by atoms with Gasteiger partial charge < -0.3 is 0 Å². The van der Waals surface area contributed by atoms with Gasteiger partial charge in [-0.25, -0.2) is 4.98 Å². The van der Waals surface area contributed by atoms with Gasteiger partial charge in [0.25, 0.3) is 5.56 Å². The Balaban J connectivity index is 2.31. The van der Waals surface area contributed by atoms with E-state index >= 15 is 0 Å². The Labute approximate surface area is 136 Å². The Kier molecular flexibility index (Phi) is 5.19. The first-order valence-corrected chi connectivity index (χ1v) is 8.04. The summed E-state index contributed by atoms with van der Waals surface area (Å²) in [6.45, 7) is 3.82. The van der Waals surface area contributed by atoms with Crippen molar-refractivity contribution in [2.75, 3.05) is 0 Å². The molecule has 0 aliphatic rings. The van der Waals surface area contributed by atoms with Crippen LogP contribution in [0, 0.1) is 0 Å². The number of halogens is 3. The highest BCUT2D eigenvalue weighted by atomic mass is 32.2. The van der Waals surface area contributed by atoms with Crippen LogP contribution in [-0.4, -0.2) is 9.55 Å². The Morgan fingerprint density at radius 2 is 1.91 bits per heavy atom. The minimum atomic E-state index is -4.39. The van der Waals surface area contributed by atoms with E-state index in [2.05, 4.69) is 4.98 Å². The fraction of sp³-hybridized carbons (Fsp3) is 0.375. The minimum absolute atomic E-state index is 0.0747. The summed E-state index contributed by atoms with van der Waals surface area (Å²) < 4.78 is 40.4. The van der Waals surface area contributed by atoms with Gasteiger partial charge in [0, 0.05) is 18.9 Å². The average molecular weight is 342 g/mol. The van der Waals surface area contributed by atoms with Crippen LogP contribution < -0.4 is 5.56 Å². The highest BCUT2D eigenvalue weighted by Gasteiger charge is 2.32. The van der Waals surface area contributed by atoms with Crippen LogP contribution in [-0.2, 0) is 19.0 Å². The quantitative estimate of drug-likeness (QED) is 0.616. The van der Waals surface area contributed by atoms with Crippen LogP contribution in [0.4, 0.5) is 13.2 Å². The molecule has 0 saturated carbocycles. The maximum atomic E-state index is 13.0. The molecule has 2 rings (SSSR count).